The molecule has 156 valence electrons. The summed E-state index contributed by atoms with van der Waals surface area (Å²) in [6, 6.07) is 5.03. The molecule has 2 N–H and O–H groups in total. The first kappa shape index (κ1) is 22.0. The number of anilines is 1. The summed E-state index contributed by atoms with van der Waals surface area (Å²) < 4.78 is 20.4. The van der Waals surface area contributed by atoms with Crippen LogP contribution in [0.3, 0.4) is 0 Å². The van der Waals surface area contributed by atoms with E-state index in [1.54, 1.807) is 18.2 Å². The monoisotopic (exact) mass is 454 g/mol. The molecule has 0 radical (unpaired) electrons. The Morgan fingerprint density at radius 1 is 1.24 bits per heavy atom. The summed E-state index contributed by atoms with van der Waals surface area (Å²) in [7, 11) is -1.22. The Balaban J connectivity index is 1.85. The van der Waals surface area contributed by atoms with E-state index in [0.717, 1.165) is 22.6 Å². The van der Waals surface area contributed by atoms with Crippen molar-refractivity contribution in [3.05, 3.63) is 45.3 Å². The third-order valence-corrected chi connectivity index (χ3v) is 6.93. The second-order valence-corrected chi connectivity index (χ2v) is 9.08. The van der Waals surface area contributed by atoms with E-state index in [-0.39, 0.29) is 0 Å². The van der Waals surface area contributed by atoms with E-state index in [2.05, 4.69) is 14.5 Å². The highest BCUT2D eigenvalue weighted by molar-refractivity contribution is 7.85. The van der Waals surface area contributed by atoms with Crippen LogP contribution in [-0.4, -0.2) is 31.1 Å². The quantitative estimate of drug-likeness (QED) is 0.534. The number of rotatable bonds is 8. The molecule has 2 heterocycles. The second-order valence-electron chi connectivity index (χ2n) is 6.70. The van der Waals surface area contributed by atoms with Gasteiger partial charge in [0.1, 0.15) is 17.9 Å². The molecule has 3 rings (SSSR count). The first-order valence-corrected chi connectivity index (χ1v) is 11.4. The SMILES string of the molecule is CCOCc1nc2c(N)nc(C)c(C)c2n1CCCS(=O)c1ccc(Cl)cc1Cl. The van der Waals surface area contributed by atoms with Crippen LogP contribution in [0.1, 0.15) is 30.4 Å². The van der Waals surface area contributed by atoms with Gasteiger partial charge in [-0.2, -0.15) is 0 Å². The number of hydrogen-bond donors (Lipinski definition) is 1. The maximum atomic E-state index is 12.7. The standard InChI is InChI=1S/C20H24Cl2N4O2S/c1-4-28-11-17-25-18-19(12(2)13(3)24-20(18)23)26(17)8-5-9-29(27)16-7-6-14(21)10-15(16)22/h6-7,10H,4-5,8-9,11H2,1-3H3,(H2,23,24). The molecule has 1 aromatic carbocycles. The van der Waals surface area contributed by atoms with Crippen molar-refractivity contribution in [3.63, 3.8) is 0 Å². The lowest BCUT2D eigenvalue weighted by molar-refractivity contribution is 0.126. The number of nitrogen functional groups attached to an aromatic ring is 1. The van der Waals surface area contributed by atoms with Crippen LogP contribution in [0.25, 0.3) is 11.0 Å². The van der Waals surface area contributed by atoms with Crippen molar-refractivity contribution in [2.75, 3.05) is 18.1 Å². The molecule has 1 atom stereocenters. The van der Waals surface area contributed by atoms with Gasteiger partial charge in [0.05, 0.1) is 26.2 Å². The lowest BCUT2D eigenvalue weighted by Gasteiger charge is -2.12. The fourth-order valence-corrected chi connectivity index (χ4v) is 4.99. The van der Waals surface area contributed by atoms with Crippen molar-refractivity contribution in [1.29, 1.82) is 0 Å². The van der Waals surface area contributed by atoms with E-state index in [1.165, 1.54) is 0 Å². The van der Waals surface area contributed by atoms with Gasteiger partial charge in [-0.25, -0.2) is 9.97 Å². The van der Waals surface area contributed by atoms with Crippen molar-refractivity contribution in [2.24, 2.45) is 0 Å². The molecule has 6 nitrogen and oxygen atoms in total. The molecule has 0 aliphatic heterocycles. The van der Waals surface area contributed by atoms with Gasteiger partial charge in [-0.05, 0) is 51.0 Å². The van der Waals surface area contributed by atoms with Gasteiger partial charge in [0.25, 0.3) is 0 Å². The Kier molecular flexibility index (Phi) is 7.16. The average Bonchev–Trinajstić information content (AvgIpc) is 3.03. The van der Waals surface area contributed by atoms with Crippen LogP contribution in [0.5, 0.6) is 0 Å². The summed E-state index contributed by atoms with van der Waals surface area (Å²) in [6.45, 7) is 7.50. The number of nitrogens with two attached hydrogens (primary N) is 1. The number of fused-ring (bicyclic) bond motifs is 1. The van der Waals surface area contributed by atoms with E-state index in [0.29, 0.717) is 58.2 Å². The summed E-state index contributed by atoms with van der Waals surface area (Å²) in [5.74, 6) is 1.67. The minimum Gasteiger partial charge on any atom is -0.382 e. The van der Waals surface area contributed by atoms with Gasteiger partial charge < -0.3 is 15.0 Å². The van der Waals surface area contributed by atoms with Gasteiger partial charge >= 0.3 is 0 Å². The molecule has 0 bridgehead atoms. The number of pyridine rings is 1. The molecule has 0 spiro atoms. The number of halogens is 2. The summed E-state index contributed by atoms with van der Waals surface area (Å²) in [6.07, 6.45) is 0.677. The predicted octanol–water partition coefficient (Wildman–Crippen LogP) is 4.67. The Morgan fingerprint density at radius 3 is 2.69 bits per heavy atom. The summed E-state index contributed by atoms with van der Waals surface area (Å²) in [5, 5.41) is 0.949. The fourth-order valence-electron chi connectivity index (χ4n) is 3.21. The molecule has 0 saturated heterocycles. The number of aromatic nitrogens is 3. The largest absolute Gasteiger partial charge is 0.382 e. The Morgan fingerprint density at radius 2 is 2.00 bits per heavy atom. The topological polar surface area (TPSA) is 83.0 Å². The number of benzene rings is 1. The van der Waals surface area contributed by atoms with Crippen molar-refractivity contribution >= 4 is 50.9 Å². The minimum atomic E-state index is -1.22. The number of imidazole rings is 1. The van der Waals surface area contributed by atoms with E-state index >= 15 is 0 Å². The first-order valence-electron chi connectivity index (χ1n) is 9.36. The molecule has 0 aliphatic carbocycles. The number of aryl methyl sites for hydroxylation is 3. The second kappa shape index (κ2) is 9.43. The lowest BCUT2D eigenvalue weighted by atomic mass is 10.2. The van der Waals surface area contributed by atoms with Crippen molar-refractivity contribution in [1.82, 2.24) is 14.5 Å². The molecule has 3 aromatic rings. The molecular formula is C20H24Cl2N4O2S. The molecule has 1 unspecified atom stereocenters. The van der Waals surface area contributed by atoms with Crippen molar-refractivity contribution in [2.45, 2.75) is 45.2 Å². The zero-order valence-corrected chi connectivity index (χ0v) is 19.0. The third-order valence-electron chi connectivity index (χ3n) is 4.76. The van der Waals surface area contributed by atoms with Crippen LogP contribution < -0.4 is 5.73 Å². The Bertz CT molecular complexity index is 1070. The van der Waals surface area contributed by atoms with E-state index in [4.69, 9.17) is 33.7 Å². The molecule has 0 fully saturated rings. The van der Waals surface area contributed by atoms with Gasteiger partial charge in [0.2, 0.25) is 0 Å². The molecule has 29 heavy (non-hydrogen) atoms. The predicted molar refractivity (Wildman–Crippen MR) is 119 cm³/mol. The molecule has 0 saturated carbocycles. The fraction of sp³-hybridized carbons (Fsp3) is 0.400. The smallest absolute Gasteiger partial charge is 0.151 e. The molecular weight excluding hydrogens is 431 g/mol. The van der Waals surface area contributed by atoms with Crippen molar-refractivity contribution < 1.29 is 8.95 Å². The van der Waals surface area contributed by atoms with Gasteiger partial charge in [-0.3, -0.25) is 4.21 Å². The highest BCUT2D eigenvalue weighted by atomic mass is 35.5. The Hall–Kier alpha value is -1.67. The van der Waals surface area contributed by atoms with Crippen LogP contribution in [0.15, 0.2) is 23.1 Å². The van der Waals surface area contributed by atoms with E-state index in [1.807, 2.05) is 20.8 Å². The van der Waals surface area contributed by atoms with Crippen LogP contribution in [-0.2, 0) is 28.7 Å². The summed E-state index contributed by atoms with van der Waals surface area (Å²) in [5.41, 5.74) is 9.66. The zero-order chi connectivity index (χ0) is 21.1. The third kappa shape index (κ3) is 4.74. The maximum absolute atomic E-state index is 12.7. The number of nitrogens with zero attached hydrogens (tertiary/aromatic N) is 3. The Labute approximate surface area is 182 Å². The van der Waals surface area contributed by atoms with E-state index < -0.39 is 10.8 Å². The summed E-state index contributed by atoms with van der Waals surface area (Å²) in [4.78, 5) is 9.66. The lowest BCUT2D eigenvalue weighted by Crippen LogP contribution is -2.10. The highest BCUT2D eigenvalue weighted by Crippen LogP contribution is 2.27. The number of ether oxygens (including phenoxy) is 1. The van der Waals surface area contributed by atoms with Gasteiger partial charge in [0.15, 0.2) is 5.82 Å². The van der Waals surface area contributed by atoms with Crippen molar-refractivity contribution in [3.8, 4) is 0 Å². The first-order chi connectivity index (χ1) is 13.8. The molecule has 0 amide bonds. The minimum absolute atomic E-state index is 0.384. The van der Waals surface area contributed by atoms with Crippen LogP contribution in [0.4, 0.5) is 5.82 Å². The van der Waals surface area contributed by atoms with Gasteiger partial charge in [-0.1, -0.05) is 23.2 Å². The van der Waals surface area contributed by atoms with Crippen LogP contribution in [0.2, 0.25) is 10.0 Å². The normalized spacial score (nSPS) is 12.6. The van der Waals surface area contributed by atoms with Crippen LogP contribution in [0, 0.1) is 13.8 Å². The maximum Gasteiger partial charge on any atom is 0.151 e. The summed E-state index contributed by atoms with van der Waals surface area (Å²) >= 11 is 12.1. The van der Waals surface area contributed by atoms with Crippen LogP contribution >= 0.6 is 23.2 Å². The molecule has 2 aromatic heterocycles. The molecule has 0 aliphatic rings. The van der Waals surface area contributed by atoms with Gasteiger partial charge in [-0.15, -0.1) is 0 Å². The average molecular weight is 455 g/mol. The zero-order valence-electron chi connectivity index (χ0n) is 16.7. The van der Waals surface area contributed by atoms with E-state index in [9.17, 15) is 4.21 Å². The highest BCUT2D eigenvalue weighted by Gasteiger charge is 2.18. The van der Waals surface area contributed by atoms with Gasteiger partial charge in [0, 0.05) is 29.6 Å². The number of hydrogen-bond acceptors (Lipinski definition) is 5. The molecule has 9 heteroatoms.